The summed E-state index contributed by atoms with van der Waals surface area (Å²) in [5.41, 5.74) is 5.23. The first-order valence-electron chi connectivity index (χ1n) is 3.73. The molecule has 1 rings (SSSR count). The zero-order valence-corrected chi connectivity index (χ0v) is 6.43. The van der Waals surface area contributed by atoms with E-state index in [0.717, 1.165) is 0 Å². The lowest BCUT2D eigenvalue weighted by molar-refractivity contribution is -0.140. The molecule has 1 aliphatic rings. The minimum Gasteiger partial charge on any atom is -0.481 e. The van der Waals surface area contributed by atoms with Crippen molar-refractivity contribution in [3.8, 4) is 0 Å². The predicted octanol–water partition coefficient (Wildman–Crippen LogP) is -0.491. The zero-order chi connectivity index (χ0) is 9.30. The molecule has 1 aliphatic carbocycles. The molecule has 5 nitrogen and oxygen atoms in total. The van der Waals surface area contributed by atoms with E-state index in [1.54, 1.807) is 0 Å². The number of carboxylic acids is 2. The SMILES string of the molecule is N[C@@H](C[C@@H]1C[C@H]1C(=O)O)C(=O)O. The van der Waals surface area contributed by atoms with Crippen LogP contribution in [0.1, 0.15) is 12.8 Å². The molecule has 5 heteroatoms. The molecule has 0 unspecified atom stereocenters. The quantitative estimate of drug-likeness (QED) is 0.532. The molecule has 0 radical (unpaired) electrons. The summed E-state index contributed by atoms with van der Waals surface area (Å²) in [6.07, 6.45) is 0.836. The molecule has 0 bridgehead atoms. The predicted molar refractivity (Wildman–Crippen MR) is 39.5 cm³/mol. The van der Waals surface area contributed by atoms with Crippen molar-refractivity contribution in [3.63, 3.8) is 0 Å². The lowest BCUT2D eigenvalue weighted by Gasteiger charge is -2.03. The van der Waals surface area contributed by atoms with E-state index >= 15 is 0 Å². The molecule has 0 aliphatic heterocycles. The average molecular weight is 173 g/mol. The van der Waals surface area contributed by atoms with E-state index in [-0.39, 0.29) is 18.3 Å². The Kier molecular flexibility index (Phi) is 2.32. The number of nitrogens with two attached hydrogens (primary N) is 1. The number of hydrogen-bond acceptors (Lipinski definition) is 3. The standard InChI is InChI=1S/C7H11NO4/c8-5(7(11)12)2-3-1-4(3)6(9)10/h3-5H,1-2,8H2,(H,9,10)(H,11,12)/t3-,4+,5-/m0/s1. The maximum atomic E-state index is 10.3. The van der Waals surface area contributed by atoms with Gasteiger partial charge in [-0.1, -0.05) is 0 Å². The lowest BCUT2D eigenvalue weighted by Crippen LogP contribution is -2.30. The number of carboxylic acid groups (broad SMARTS) is 2. The van der Waals surface area contributed by atoms with Crippen molar-refractivity contribution in [1.82, 2.24) is 0 Å². The van der Waals surface area contributed by atoms with Gasteiger partial charge >= 0.3 is 11.9 Å². The summed E-state index contributed by atoms with van der Waals surface area (Å²) < 4.78 is 0. The molecule has 0 heterocycles. The number of aliphatic carboxylic acids is 2. The third-order valence-corrected chi connectivity index (χ3v) is 2.11. The number of hydrogen-bond donors (Lipinski definition) is 3. The molecule has 0 spiro atoms. The number of rotatable bonds is 4. The average Bonchev–Trinajstić information content (AvgIpc) is 2.67. The van der Waals surface area contributed by atoms with Crippen LogP contribution >= 0.6 is 0 Å². The van der Waals surface area contributed by atoms with Crippen LogP contribution in [0.25, 0.3) is 0 Å². The molecule has 4 N–H and O–H groups in total. The monoisotopic (exact) mass is 173 g/mol. The van der Waals surface area contributed by atoms with E-state index < -0.39 is 18.0 Å². The molecule has 1 fully saturated rings. The van der Waals surface area contributed by atoms with Crippen molar-refractivity contribution >= 4 is 11.9 Å². The van der Waals surface area contributed by atoms with Gasteiger partial charge in [0.25, 0.3) is 0 Å². The van der Waals surface area contributed by atoms with Crippen LogP contribution in [0.2, 0.25) is 0 Å². The van der Waals surface area contributed by atoms with Gasteiger partial charge in [0.2, 0.25) is 0 Å². The highest BCUT2D eigenvalue weighted by Crippen LogP contribution is 2.41. The Balaban J connectivity index is 2.27. The molecule has 12 heavy (non-hydrogen) atoms. The summed E-state index contributed by atoms with van der Waals surface area (Å²) in [7, 11) is 0. The van der Waals surface area contributed by atoms with Crippen molar-refractivity contribution in [2.75, 3.05) is 0 Å². The molecule has 1 saturated carbocycles. The molecule has 0 amide bonds. The Morgan fingerprint density at radius 2 is 2.08 bits per heavy atom. The highest BCUT2D eigenvalue weighted by atomic mass is 16.4. The maximum absolute atomic E-state index is 10.3. The van der Waals surface area contributed by atoms with Gasteiger partial charge in [0, 0.05) is 0 Å². The summed E-state index contributed by atoms with van der Waals surface area (Å²) in [5, 5.41) is 16.9. The van der Waals surface area contributed by atoms with E-state index in [1.807, 2.05) is 0 Å². The fourth-order valence-corrected chi connectivity index (χ4v) is 1.24. The van der Waals surface area contributed by atoms with Crippen LogP contribution in [0, 0.1) is 11.8 Å². The molecule has 3 atom stereocenters. The normalized spacial score (nSPS) is 29.4. The highest BCUT2D eigenvalue weighted by Gasteiger charge is 2.44. The van der Waals surface area contributed by atoms with Gasteiger partial charge in [0.05, 0.1) is 5.92 Å². The van der Waals surface area contributed by atoms with E-state index in [2.05, 4.69) is 0 Å². The van der Waals surface area contributed by atoms with Gasteiger partial charge in [-0.2, -0.15) is 0 Å². The van der Waals surface area contributed by atoms with Crippen LogP contribution in [0.3, 0.4) is 0 Å². The molecule has 68 valence electrons. The second-order valence-electron chi connectivity index (χ2n) is 3.12. The fraction of sp³-hybridized carbons (Fsp3) is 0.714. The zero-order valence-electron chi connectivity index (χ0n) is 6.43. The molecular formula is C7H11NO4. The second-order valence-corrected chi connectivity index (χ2v) is 3.12. The van der Waals surface area contributed by atoms with Gasteiger partial charge < -0.3 is 15.9 Å². The Bertz CT molecular complexity index is 215. The Morgan fingerprint density at radius 3 is 2.42 bits per heavy atom. The van der Waals surface area contributed by atoms with Crippen LogP contribution in [0.4, 0.5) is 0 Å². The third-order valence-electron chi connectivity index (χ3n) is 2.11. The minimum absolute atomic E-state index is 0.0337. The Labute approximate surface area is 69.2 Å². The van der Waals surface area contributed by atoms with Crippen molar-refractivity contribution in [1.29, 1.82) is 0 Å². The van der Waals surface area contributed by atoms with Crippen LogP contribution in [0.5, 0.6) is 0 Å². The number of carbonyl (C=O) groups is 2. The molecule has 0 aromatic carbocycles. The summed E-state index contributed by atoms with van der Waals surface area (Å²) in [6.45, 7) is 0. The largest absolute Gasteiger partial charge is 0.481 e. The third kappa shape index (κ3) is 1.94. The first-order valence-corrected chi connectivity index (χ1v) is 3.73. The Hall–Kier alpha value is -1.10. The van der Waals surface area contributed by atoms with Crippen molar-refractivity contribution < 1.29 is 19.8 Å². The summed E-state index contributed by atoms with van der Waals surface area (Å²) in [4.78, 5) is 20.6. The van der Waals surface area contributed by atoms with Crippen LogP contribution < -0.4 is 5.73 Å². The maximum Gasteiger partial charge on any atom is 0.320 e. The van der Waals surface area contributed by atoms with E-state index in [1.165, 1.54) is 0 Å². The van der Waals surface area contributed by atoms with Gasteiger partial charge in [-0.05, 0) is 18.8 Å². The van der Waals surface area contributed by atoms with E-state index in [0.29, 0.717) is 6.42 Å². The summed E-state index contributed by atoms with van der Waals surface area (Å²) >= 11 is 0. The fourth-order valence-electron chi connectivity index (χ4n) is 1.24. The first-order chi connectivity index (χ1) is 5.52. The molecule has 0 aromatic heterocycles. The lowest BCUT2D eigenvalue weighted by atomic mass is 10.1. The topological polar surface area (TPSA) is 101 Å². The molecule has 0 aromatic rings. The molecular weight excluding hydrogens is 162 g/mol. The van der Waals surface area contributed by atoms with Gasteiger partial charge in [-0.15, -0.1) is 0 Å². The van der Waals surface area contributed by atoms with Crippen molar-refractivity contribution in [2.24, 2.45) is 17.6 Å². The van der Waals surface area contributed by atoms with Crippen LogP contribution in [-0.4, -0.2) is 28.2 Å². The minimum atomic E-state index is -1.06. The van der Waals surface area contributed by atoms with Gasteiger partial charge in [-0.3, -0.25) is 9.59 Å². The van der Waals surface area contributed by atoms with Crippen molar-refractivity contribution in [2.45, 2.75) is 18.9 Å². The van der Waals surface area contributed by atoms with Gasteiger partial charge in [0.1, 0.15) is 6.04 Å². The molecule has 0 saturated heterocycles. The van der Waals surface area contributed by atoms with Gasteiger partial charge in [-0.25, -0.2) is 0 Å². The first kappa shape index (κ1) is 8.99. The summed E-state index contributed by atoms with van der Waals surface area (Å²) in [5.74, 6) is -2.31. The smallest absolute Gasteiger partial charge is 0.320 e. The second kappa shape index (κ2) is 3.10. The van der Waals surface area contributed by atoms with E-state index in [4.69, 9.17) is 15.9 Å². The van der Waals surface area contributed by atoms with Crippen LogP contribution in [-0.2, 0) is 9.59 Å². The van der Waals surface area contributed by atoms with Crippen LogP contribution in [0.15, 0.2) is 0 Å². The highest BCUT2D eigenvalue weighted by molar-refractivity contribution is 5.75. The van der Waals surface area contributed by atoms with Gasteiger partial charge in [0.15, 0.2) is 0 Å². The summed E-state index contributed by atoms with van der Waals surface area (Å²) in [6, 6.07) is -0.917. The van der Waals surface area contributed by atoms with Crippen molar-refractivity contribution in [3.05, 3.63) is 0 Å². The van der Waals surface area contributed by atoms with E-state index in [9.17, 15) is 9.59 Å². The Morgan fingerprint density at radius 1 is 1.50 bits per heavy atom.